The fourth-order valence-corrected chi connectivity index (χ4v) is 3.52. The van der Waals surface area contributed by atoms with Crippen molar-refractivity contribution in [2.45, 2.75) is 6.92 Å². The highest BCUT2D eigenvalue weighted by Crippen LogP contribution is 2.25. The van der Waals surface area contributed by atoms with Crippen molar-refractivity contribution >= 4 is 51.0 Å². The van der Waals surface area contributed by atoms with E-state index in [1.807, 2.05) is 0 Å². The number of hydrogen-bond acceptors (Lipinski definition) is 4. The van der Waals surface area contributed by atoms with Crippen LogP contribution >= 0.6 is 23.2 Å². The smallest absolute Gasteiger partial charge is 0.260 e. The van der Waals surface area contributed by atoms with Gasteiger partial charge in [-0.05, 0) is 36.8 Å². The van der Waals surface area contributed by atoms with Crippen LogP contribution in [0.15, 0.2) is 47.6 Å². The molecule has 9 heteroatoms. The molecule has 2 aromatic carbocycles. The maximum atomic E-state index is 12.1. The average Bonchev–Trinajstić information content (AvgIpc) is 2.54. The van der Waals surface area contributed by atoms with Crippen LogP contribution in [0, 0.1) is 6.92 Å². The van der Waals surface area contributed by atoms with Gasteiger partial charge in [0, 0.05) is 15.6 Å². The van der Waals surface area contributed by atoms with Crippen molar-refractivity contribution in [3.8, 4) is 0 Å². The molecule has 0 aliphatic carbocycles. The van der Waals surface area contributed by atoms with E-state index in [1.54, 1.807) is 49.4 Å². The van der Waals surface area contributed by atoms with E-state index in [9.17, 15) is 13.2 Å². The highest BCUT2D eigenvalue weighted by atomic mass is 35.5. The van der Waals surface area contributed by atoms with Gasteiger partial charge in [-0.25, -0.2) is 13.8 Å². The molecule has 0 unspecified atom stereocenters. The Morgan fingerprint density at radius 1 is 1.23 bits per heavy atom. The van der Waals surface area contributed by atoms with Gasteiger partial charge in [-0.15, -0.1) is 0 Å². The fraction of sp³-hybridized carbons (Fsp3) is 0.176. The standard InChI is InChI=1S/C17H17Cl2N3O3S/c1-12-9-14(18)7-8-16(12)22(26(2,24)25)11-17(23)21-20-10-13-5-3-4-6-15(13)19/h3-10H,11H2,1-2H3,(H,21,23)/b20-10-. The van der Waals surface area contributed by atoms with Crippen molar-refractivity contribution in [1.82, 2.24) is 5.43 Å². The summed E-state index contributed by atoms with van der Waals surface area (Å²) in [5.41, 5.74) is 3.94. The molecule has 1 N–H and O–H groups in total. The molecule has 2 aromatic rings. The van der Waals surface area contributed by atoms with E-state index in [4.69, 9.17) is 23.2 Å². The van der Waals surface area contributed by atoms with Gasteiger partial charge in [0.05, 0.1) is 18.2 Å². The van der Waals surface area contributed by atoms with Crippen LogP contribution in [0.1, 0.15) is 11.1 Å². The Bertz CT molecular complexity index is 946. The van der Waals surface area contributed by atoms with Gasteiger partial charge in [0.25, 0.3) is 5.91 Å². The molecular weight excluding hydrogens is 397 g/mol. The zero-order chi connectivity index (χ0) is 19.3. The number of carbonyl (C=O) groups excluding carboxylic acids is 1. The third kappa shape index (κ3) is 5.45. The Balaban J connectivity index is 2.14. The molecule has 0 atom stereocenters. The highest BCUT2D eigenvalue weighted by molar-refractivity contribution is 7.92. The molecule has 1 amide bonds. The van der Waals surface area contributed by atoms with Crippen molar-refractivity contribution in [2.75, 3.05) is 17.1 Å². The number of hydrazone groups is 1. The quantitative estimate of drug-likeness (QED) is 0.583. The third-order valence-corrected chi connectivity index (χ3v) is 5.12. The summed E-state index contributed by atoms with van der Waals surface area (Å²) in [5, 5.41) is 4.78. The summed E-state index contributed by atoms with van der Waals surface area (Å²) in [6.07, 6.45) is 2.42. The van der Waals surface area contributed by atoms with Gasteiger partial charge in [0.1, 0.15) is 6.54 Å². The van der Waals surface area contributed by atoms with Crippen LogP contribution in [0.5, 0.6) is 0 Å². The lowest BCUT2D eigenvalue weighted by atomic mass is 10.2. The molecule has 0 saturated heterocycles. The Hall–Kier alpha value is -2.09. The second kappa shape index (κ2) is 8.53. The molecule has 0 spiro atoms. The van der Waals surface area contributed by atoms with Crippen LogP contribution in [0.2, 0.25) is 10.0 Å². The summed E-state index contributed by atoms with van der Waals surface area (Å²) in [4.78, 5) is 12.1. The minimum absolute atomic E-state index is 0.377. The van der Waals surface area contributed by atoms with Crippen LogP contribution < -0.4 is 9.73 Å². The second-order valence-corrected chi connectivity index (χ2v) is 8.27. The Morgan fingerprint density at radius 2 is 1.92 bits per heavy atom. The van der Waals surface area contributed by atoms with E-state index in [0.29, 0.717) is 26.9 Å². The highest BCUT2D eigenvalue weighted by Gasteiger charge is 2.22. The van der Waals surface area contributed by atoms with Gasteiger partial charge in [-0.3, -0.25) is 9.10 Å². The molecule has 138 valence electrons. The summed E-state index contributed by atoms with van der Waals surface area (Å²) >= 11 is 11.9. The van der Waals surface area contributed by atoms with Crippen LogP contribution in [0.4, 0.5) is 5.69 Å². The number of sulfonamides is 1. The maximum absolute atomic E-state index is 12.1. The molecule has 0 aliphatic heterocycles. The third-order valence-electron chi connectivity index (χ3n) is 3.41. The predicted octanol–water partition coefficient (Wildman–Crippen LogP) is 3.22. The van der Waals surface area contributed by atoms with Crippen LogP contribution in [-0.2, 0) is 14.8 Å². The number of rotatable bonds is 6. The summed E-state index contributed by atoms with van der Waals surface area (Å²) < 4.78 is 25.2. The van der Waals surface area contributed by atoms with Crippen molar-refractivity contribution in [1.29, 1.82) is 0 Å². The van der Waals surface area contributed by atoms with E-state index in [2.05, 4.69) is 10.5 Å². The number of benzene rings is 2. The maximum Gasteiger partial charge on any atom is 0.260 e. The Labute approximate surface area is 162 Å². The van der Waals surface area contributed by atoms with Crippen LogP contribution in [0.3, 0.4) is 0 Å². The fourth-order valence-electron chi connectivity index (χ4n) is 2.20. The van der Waals surface area contributed by atoms with Gasteiger partial charge < -0.3 is 0 Å². The molecule has 6 nitrogen and oxygen atoms in total. The second-order valence-electron chi connectivity index (χ2n) is 5.52. The van der Waals surface area contributed by atoms with Gasteiger partial charge in [0.2, 0.25) is 10.0 Å². The van der Waals surface area contributed by atoms with Gasteiger partial charge in [-0.2, -0.15) is 5.10 Å². The number of aryl methyl sites for hydroxylation is 1. The van der Waals surface area contributed by atoms with Crippen molar-refractivity contribution in [3.05, 3.63) is 63.6 Å². The van der Waals surface area contributed by atoms with Gasteiger partial charge in [0.15, 0.2) is 0 Å². The number of halogens is 2. The molecule has 0 aromatic heterocycles. The molecular formula is C17H17Cl2N3O3S. The van der Waals surface area contributed by atoms with E-state index >= 15 is 0 Å². The Morgan fingerprint density at radius 3 is 2.54 bits per heavy atom. The summed E-state index contributed by atoms with van der Waals surface area (Å²) in [6.45, 7) is 1.30. The monoisotopic (exact) mass is 413 g/mol. The van der Waals surface area contributed by atoms with E-state index < -0.39 is 22.5 Å². The van der Waals surface area contributed by atoms with E-state index in [1.165, 1.54) is 6.21 Å². The van der Waals surface area contributed by atoms with Crippen molar-refractivity contribution in [2.24, 2.45) is 5.10 Å². The number of amides is 1. The van der Waals surface area contributed by atoms with Crippen molar-refractivity contribution < 1.29 is 13.2 Å². The largest absolute Gasteiger partial charge is 0.271 e. The molecule has 0 fully saturated rings. The first-order chi connectivity index (χ1) is 12.2. The molecule has 0 radical (unpaired) electrons. The lowest BCUT2D eigenvalue weighted by molar-refractivity contribution is -0.119. The number of anilines is 1. The normalized spacial score (nSPS) is 11.5. The van der Waals surface area contributed by atoms with E-state index in [0.717, 1.165) is 10.6 Å². The SMILES string of the molecule is Cc1cc(Cl)ccc1N(CC(=O)N/N=C\c1ccccc1Cl)S(C)(=O)=O. The van der Waals surface area contributed by atoms with Crippen LogP contribution in [0.25, 0.3) is 0 Å². The van der Waals surface area contributed by atoms with Crippen LogP contribution in [-0.4, -0.2) is 33.3 Å². The molecule has 0 aliphatic rings. The lowest BCUT2D eigenvalue weighted by Crippen LogP contribution is -2.39. The zero-order valence-corrected chi connectivity index (χ0v) is 16.4. The summed E-state index contributed by atoms with van der Waals surface area (Å²) in [7, 11) is -3.68. The number of hydrogen-bond donors (Lipinski definition) is 1. The van der Waals surface area contributed by atoms with E-state index in [-0.39, 0.29) is 0 Å². The summed E-state index contributed by atoms with van der Waals surface area (Å²) in [5.74, 6) is -0.590. The van der Waals surface area contributed by atoms with Gasteiger partial charge >= 0.3 is 0 Å². The molecule has 2 rings (SSSR count). The molecule has 0 bridgehead atoms. The average molecular weight is 414 g/mol. The summed E-state index contributed by atoms with van der Waals surface area (Å²) in [6, 6.07) is 11.7. The van der Waals surface area contributed by atoms with Crippen molar-refractivity contribution in [3.63, 3.8) is 0 Å². The number of nitrogens with one attached hydrogen (secondary N) is 1. The zero-order valence-electron chi connectivity index (χ0n) is 14.1. The Kier molecular flexibility index (Phi) is 6.63. The first kappa shape index (κ1) is 20.2. The number of nitrogens with zero attached hydrogens (tertiary/aromatic N) is 2. The van der Waals surface area contributed by atoms with Gasteiger partial charge in [-0.1, -0.05) is 41.4 Å². The molecule has 26 heavy (non-hydrogen) atoms. The lowest BCUT2D eigenvalue weighted by Gasteiger charge is -2.23. The first-order valence-corrected chi connectivity index (χ1v) is 10.1. The molecule has 0 heterocycles. The first-order valence-electron chi connectivity index (χ1n) is 7.49. The molecule has 0 saturated carbocycles. The predicted molar refractivity (Wildman–Crippen MR) is 106 cm³/mol. The topological polar surface area (TPSA) is 78.8 Å². The minimum Gasteiger partial charge on any atom is -0.271 e. The minimum atomic E-state index is -3.68. The number of carbonyl (C=O) groups is 1.